The molecule has 1 N–H and O–H groups in total. The van der Waals surface area contributed by atoms with E-state index in [-0.39, 0.29) is 17.9 Å². The first-order chi connectivity index (χ1) is 8.15. The lowest BCUT2D eigenvalue weighted by Gasteiger charge is -2.38. The molecule has 1 heterocycles. The highest BCUT2D eigenvalue weighted by Gasteiger charge is 2.46. The van der Waals surface area contributed by atoms with Crippen molar-refractivity contribution in [2.75, 3.05) is 19.8 Å². The van der Waals surface area contributed by atoms with Gasteiger partial charge < -0.3 is 15.0 Å². The fraction of sp³-hybridized carbons (Fsp3) is 0.833. The van der Waals surface area contributed by atoms with E-state index in [0.717, 1.165) is 12.8 Å². The van der Waals surface area contributed by atoms with Crippen LogP contribution in [0.4, 0.5) is 0 Å². The fourth-order valence-corrected chi connectivity index (χ4v) is 2.32. The minimum Gasteiger partial charge on any atom is -0.380 e. The largest absolute Gasteiger partial charge is 0.380 e. The second-order valence-electron chi connectivity index (χ2n) is 4.74. The lowest BCUT2D eigenvalue weighted by Crippen LogP contribution is -2.63. The number of carbonyl (C=O) groups excluding carboxylic acids is 2. The van der Waals surface area contributed by atoms with Crippen molar-refractivity contribution in [2.45, 2.75) is 38.8 Å². The second kappa shape index (κ2) is 5.04. The van der Waals surface area contributed by atoms with Gasteiger partial charge in [-0.3, -0.25) is 9.59 Å². The number of hydrogen-bond acceptors (Lipinski definition) is 3. The minimum atomic E-state index is -0.404. The molecule has 2 atom stereocenters. The zero-order chi connectivity index (χ0) is 12.4. The molecule has 0 aromatic carbocycles. The zero-order valence-corrected chi connectivity index (χ0v) is 10.4. The number of nitrogens with one attached hydrogen (secondary N) is 1. The van der Waals surface area contributed by atoms with Gasteiger partial charge in [-0.1, -0.05) is 0 Å². The van der Waals surface area contributed by atoms with Gasteiger partial charge in [0.15, 0.2) is 0 Å². The van der Waals surface area contributed by atoms with Crippen LogP contribution in [0.25, 0.3) is 0 Å². The van der Waals surface area contributed by atoms with Crippen molar-refractivity contribution >= 4 is 11.8 Å². The van der Waals surface area contributed by atoms with Crippen molar-refractivity contribution in [1.29, 1.82) is 0 Å². The van der Waals surface area contributed by atoms with Crippen LogP contribution in [0.1, 0.15) is 26.7 Å². The van der Waals surface area contributed by atoms with Crippen LogP contribution in [-0.4, -0.2) is 48.6 Å². The van der Waals surface area contributed by atoms with E-state index in [9.17, 15) is 9.59 Å². The minimum absolute atomic E-state index is 0.00361. The number of ether oxygens (including phenoxy) is 1. The number of amides is 2. The molecule has 1 saturated carbocycles. The highest BCUT2D eigenvalue weighted by molar-refractivity contribution is 5.97. The second-order valence-corrected chi connectivity index (χ2v) is 4.74. The van der Waals surface area contributed by atoms with Gasteiger partial charge in [0.1, 0.15) is 12.1 Å². The molecule has 17 heavy (non-hydrogen) atoms. The van der Waals surface area contributed by atoms with Crippen molar-refractivity contribution in [3.63, 3.8) is 0 Å². The maximum Gasteiger partial charge on any atom is 0.245 e. The molecule has 2 rings (SSSR count). The molecule has 0 aromatic heterocycles. The van der Waals surface area contributed by atoms with Gasteiger partial charge in [-0.2, -0.15) is 0 Å². The number of piperazine rings is 1. The average Bonchev–Trinajstić information content (AvgIpc) is 3.09. The molecule has 0 radical (unpaired) electrons. The predicted octanol–water partition coefficient (Wildman–Crippen LogP) is 0.148. The lowest BCUT2D eigenvalue weighted by molar-refractivity contribution is -0.150. The van der Waals surface area contributed by atoms with E-state index in [2.05, 4.69) is 5.32 Å². The summed E-state index contributed by atoms with van der Waals surface area (Å²) in [5.41, 5.74) is 0. The maximum absolute atomic E-state index is 12.1. The summed E-state index contributed by atoms with van der Waals surface area (Å²) >= 11 is 0. The Balaban J connectivity index is 2.03. The van der Waals surface area contributed by atoms with Gasteiger partial charge in [-0.25, -0.2) is 0 Å². The summed E-state index contributed by atoms with van der Waals surface area (Å²) < 4.78 is 5.28. The van der Waals surface area contributed by atoms with Crippen LogP contribution in [0.5, 0.6) is 0 Å². The van der Waals surface area contributed by atoms with Gasteiger partial charge >= 0.3 is 0 Å². The Bertz CT molecular complexity index is 315. The Morgan fingerprint density at radius 1 is 1.41 bits per heavy atom. The molecule has 0 bridgehead atoms. The van der Waals surface area contributed by atoms with Crippen molar-refractivity contribution in [2.24, 2.45) is 5.92 Å². The molecule has 1 saturated heterocycles. The Kier molecular flexibility index (Phi) is 3.66. The summed E-state index contributed by atoms with van der Waals surface area (Å²) in [5.74, 6) is 0.366. The standard InChI is InChI=1S/C12H20N2O3/c1-3-17-7-6-14-10(9-4-5-9)11(15)13-8(2)12(14)16/h8-10H,3-7H2,1-2H3,(H,13,15). The van der Waals surface area contributed by atoms with Gasteiger partial charge in [0.25, 0.3) is 0 Å². The molecule has 2 fully saturated rings. The first-order valence-corrected chi connectivity index (χ1v) is 6.33. The van der Waals surface area contributed by atoms with Gasteiger partial charge in [-0.05, 0) is 32.6 Å². The molecule has 2 unspecified atom stereocenters. The normalized spacial score (nSPS) is 29.4. The van der Waals surface area contributed by atoms with Crippen LogP contribution in [0.15, 0.2) is 0 Å². The smallest absolute Gasteiger partial charge is 0.245 e. The van der Waals surface area contributed by atoms with Crippen molar-refractivity contribution in [3.8, 4) is 0 Å². The van der Waals surface area contributed by atoms with E-state index >= 15 is 0 Å². The highest BCUT2D eigenvalue weighted by Crippen LogP contribution is 2.36. The number of carbonyl (C=O) groups is 2. The molecular weight excluding hydrogens is 220 g/mol. The molecule has 0 aromatic rings. The first-order valence-electron chi connectivity index (χ1n) is 6.33. The highest BCUT2D eigenvalue weighted by atomic mass is 16.5. The topological polar surface area (TPSA) is 58.6 Å². The van der Waals surface area contributed by atoms with Gasteiger partial charge in [0.2, 0.25) is 11.8 Å². The van der Waals surface area contributed by atoms with E-state index in [1.54, 1.807) is 11.8 Å². The predicted molar refractivity (Wildman–Crippen MR) is 62.3 cm³/mol. The van der Waals surface area contributed by atoms with Crippen molar-refractivity contribution in [3.05, 3.63) is 0 Å². The van der Waals surface area contributed by atoms with Gasteiger partial charge in [0.05, 0.1) is 6.61 Å². The van der Waals surface area contributed by atoms with E-state index in [1.165, 1.54) is 0 Å². The van der Waals surface area contributed by atoms with Crippen molar-refractivity contribution in [1.82, 2.24) is 10.2 Å². The SMILES string of the molecule is CCOCCN1C(=O)C(C)NC(=O)C1C1CC1. The fourth-order valence-electron chi connectivity index (χ4n) is 2.32. The maximum atomic E-state index is 12.1. The molecule has 1 aliphatic carbocycles. The quantitative estimate of drug-likeness (QED) is 0.696. The lowest BCUT2D eigenvalue weighted by atomic mass is 10.0. The van der Waals surface area contributed by atoms with Gasteiger partial charge in [-0.15, -0.1) is 0 Å². The number of rotatable bonds is 5. The molecular formula is C12H20N2O3. The van der Waals surface area contributed by atoms with E-state index in [4.69, 9.17) is 4.74 Å². The molecule has 0 spiro atoms. The zero-order valence-electron chi connectivity index (χ0n) is 10.4. The summed E-state index contributed by atoms with van der Waals surface area (Å²) in [4.78, 5) is 25.7. The summed E-state index contributed by atoms with van der Waals surface area (Å²) in [6.45, 7) is 5.32. The molecule has 1 aliphatic heterocycles. The Morgan fingerprint density at radius 3 is 2.71 bits per heavy atom. The third-order valence-electron chi connectivity index (χ3n) is 3.37. The average molecular weight is 240 g/mol. The van der Waals surface area contributed by atoms with Crippen LogP contribution in [-0.2, 0) is 14.3 Å². The Morgan fingerprint density at radius 2 is 2.12 bits per heavy atom. The van der Waals surface area contributed by atoms with Crippen LogP contribution < -0.4 is 5.32 Å². The molecule has 96 valence electrons. The Hall–Kier alpha value is -1.10. The molecule has 2 aliphatic rings. The summed E-state index contributed by atoms with van der Waals surface area (Å²) in [6.07, 6.45) is 2.09. The Labute approximate surface area is 101 Å². The van der Waals surface area contributed by atoms with E-state index in [1.807, 2.05) is 6.92 Å². The van der Waals surface area contributed by atoms with E-state index in [0.29, 0.717) is 25.7 Å². The van der Waals surface area contributed by atoms with E-state index < -0.39 is 6.04 Å². The molecule has 5 heteroatoms. The van der Waals surface area contributed by atoms with Crippen LogP contribution in [0, 0.1) is 5.92 Å². The summed E-state index contributed by atoms with van der Waals surface area (Å²) in [5, 5.41) is 2.75. The van der Waals surface area contributed by atoms with Crippen LogP contribution in [0.3, 0.4) is 0 Å². The summed E-state index contributed by atoms with van der Waals surface area (Å²) in [7, 11) is 0. The van der Waals surface area contributed by atoms with Gasteiger partial charge in [0, 0.05) is 13.2 Å². The van der Waals surface area contributed by atoms with Crippen LogP contribution in [0.2, 0.25) is 0 Å². The van der Waals surface area contributed by atoms with Crippen molar-refractivity contribution < 1.29 is 14.3 Å². The molecule has 2 amide bonds. The third-order valence-corrected chi connectivity index (χ3v) is 3.37. The third kappa shape index (κ3) is 2.60. The number of nitrogens with zero attached hydrogens (tertiary/aromatic N) is 1. The summed E-state index contributed by atoms with van der Waals surface area (Å²) in [6, 6.07) is -0.668. The monoisotopic (exact) mass is 240 g/mol. The molecule has 5 nitrogen and oxygen atoms in total. The van der Waals surface area contributed by atoms with Crippen LogP contribution >= 0.6 is 0 Å². The number of hydrogen-bond donors (Lipinski definition) is 1. The first kappa shape index (κ1) is 12.4.